The lowest BCUT2D eigenvalue weighted by Crippen LogP contribution is -2.03. The van der Waals surface area contributed by atoms with Crippen LogP contribution in [-0.2, 0) is 6.54 Å². The lowest BCUT2D eigenvalue weighted by molar-refractivity contribution is 0.174. The van der Waals surface area contributed by atoms with Crippen LogP contribution in [0.3, 0.4) is 0 Å². The van der Waals surface area contributed by atoms with Crippen LogP contribution in [0.1, 0.15) is 5.56 Å². The number of rotatable bonds is 5. The summed E-state index contributed by atoms with van der Waals surface area (Å²) in [6.07, 6.45) is 3.70. The number of para-hydroxylation sites is 1. The smallest absolute Gasteiger partial charge is 0.231 e. The molecule has 1 aliphatic heterocycles. The summed E-state index contributed by atoms with van der Waals surface area (Å²) in [7, 11) is 1.66. The molecule has 0 unspecified atom stereocenters. The van der Waals surface area contributed by atoms with E-state index >= 15 is 0 Å². The van der Waals surface area contributed by atoms with E-state index in [1.165, 1.54) is 0 Å². The molecular formula is C21H18N4O3. The van der Waals surface area contributed by atoms with Gasteiger partial charge in [-0.15, -0.1) is 0 Å². The van der Waals surface area contributed by atoms with Crippen LogP contribution in [0.15, 0.2) is 60.9 Å². The first-order valence-corrected chi connectivity index (χ1v) is 8.92. The SMILES string of the molecule is COc1ccccc1-c1cnn2ccc(NCc3ccc4c(c3)OCO4)nc12. The molecule has 0 atom stereocenters. The van der Waals surface area contributed by atoms with Crippen LogP contribution in [0.4, 0.5) is 5.82 Å². The summed E-state index contributed by atoms with van der Waals surface area (Å²) in [6.45, 7) is 0.898. The minimum atomic E-state index is 0.275. The second-order valence-electron chi connectivity index (χ2n) is 6.38. The Bertz CT molecular complexity index is 1160. The van der Waals surface area contributed by atoms with E-state index in [0.29, 0.717) is 6.54 Å². The molecule has 7 heteroatoms. The van der Waals surface area contributed by atoms with E-state index in [4.69, 9.17) is 19.2 Å². The molecule has 1 N–H and O–H groups in total. The molecule has 0 fully saturated rings. The zero-order chi connectivity index (χ0) is 18.9. The van der Waals surface area contributed by atoms with Gasteiger partial charge in [-0.1, -0.05) is 24.3 Å². The monoisotopic (exact) mass is 374 g/mol. The van der Waals surface area contributed by atoms with Gasteiger partial charge in [-0.2, -0.15) is 5.10 Å². The molecule has 1 aliphatic rings. The topological polar surface area (TPSA) is 69.9 Å². The Balaban J connectivity index is 1.43. The molecule has 5 rings (SSSR count). The second kappa shape index (κ2) is 6.77. The molecule has 3 heterocycles. The maximum absolute atomic E-state index is 5.49. The molecule has 7 nitrogen and oxygen atoms in total. The fourth-order valence-corrected chi connectivity index (χ4v) is 3.27. The molecule has 2 aromatic heterocycles. The van der Waals surface area contributed by atoms with Gasteiger partial charge in [0, 0.05) is 18.3 Å². The van der Waals surface area contributed by atoms with Gasteiger partial charge in [0.2, 0.25) is 6.79 Å². The van der Waals surface area contributed by atoms with Gasteiger partial charge < -0.3 is 19.5 Å². The van der Waals surface area contributed by atoms with Crippen molar-refractivity contribution in [3.8, 4) is 28.4 Å². The Labute approximate surface area is 161 Å². The van der Waals surface area contributed by atoms with Crippen molar-refractivity contribution in [1.29, 1.82) is 0 Å². The van der Waals surface area contributed by atoms with Crippen molar-refractivity contribution in [3.63, 3.8) is 0 Å². The van der Waals surface area contributed by atoms with Crippen molar-refractivity contribution in [2.75, 3.05) is 19.2 Å². The summed E-state index contributed by atoms with van der Waals surface area (Å²) in [5.74, 6) is 3.11. The van der Waals surface area contributed by atoms with Gasteiger partial charge in [0.1, 0.15) is 11.6 Å². The number of nitrogens with one attached hydrogen (secondary N) is 1. The molecule has 140 valence electrons. The Hall–Kier alpha value is -3.74. The number of nitrogens with zero attached hydrogens (tertiary/aromatic N) is 3. The number of hydrogen-bond donors (Lipinski definition) is 1. The van der Waals surface area contributed by atoms with Crippen LogP contribution < -0.4 is 19.5 Å². The molecular weight excluding hydrogens is 356 g/mol. The van der Waals surface area contributed by atoms with E-state index < -0.39 is 0 Å². The minimum Gasteiger partial charge on any atom is -0.496 e. The van der Waals surface area contributed by atoms with Gasteiger partial charge in [-0.05, 0) is 29.8 Å². The second-order valence-corrected chi connectivity index (χ2v) is 6.38. The van der Waals surface area contributed by atoms with E-state index in [1.807, 2.05) is 60.9 Å². The van der Waals surface area contributed by atoms with Crippen molar-refractivity contribution in [1.82, 2.24) is 14.6 Å². The minimum absolute atomic E-state index is 0.275. The van der Waals surface area contributed by atoms with E-state index in [0.717, 1.165) is 45.4 Å². The summed E-state index contributed by atoms with van der Waals surface area (Å²) < 4.78 is 18.0. The highest BCUT2D eigenvalue weighted by molar-refractivity contribution is 5.81. The molecule has 2 aromatic carbocycles. The number of fused-ring (bicyclic) bond motifs is 2. The Morgan fingerprint density at radius 3 is 2.89 bits per heavy atom. The lowest BCUT2D eigenvalue weighted by Gasteiger charge is -2.09. The summed E-state index contributed by atoms with van der Waals surface area (Å²) >= 11 is 0. The lowest BCUT2D eigenvalue weighted by atomic mass is 10.1. The average Bonchev–Trinajstić information content (AvgIpc) is 3.38. The highest BCUT2D eigenvalue weighted by atomic mass is 16.7. The summed E-state index contributed by atoms with van der Waals surface area (Å²) in [6, 6.07) is 15.7. The zero-order valence-electron chi connectivity index (χ0n) is 15.3. The fraction of sp³-hybridized carbons (Fsp3) is 0.143. The molecule has 0 aliphatic carbocycles. The molecule has 0 saturated carbocycles. The molecule has 28 heavy (non-hydrogen) atoms. The summed E-state index contributed by atoms with van der Waals surface area (Å²) in [4.78, 5) is 4.75. The summed E-state index contributed by atoms with van der Waals surface area (Å²) in [5.41, 5.74) is 3.73. The van der Waals surface area contributed by atoms with Crippen molar-refractivity contribution in [2.45, 2.75) is 6.54 Å². The highest BCUT2D eigenvalue weighted by Gasteiger charge is 2.14. The summed E-state index contributed by atoms with van der Waals surface area (Å²) in [5, 5.41) is 7.77. The van der Waals surface area contributed by atoms with Gasteiger partial charge in [-0.3, -0.25) is 0 Å². The Morgan fingerprint density at radius 1 is 1.07 bits per heavy atom. The standard InChI is InChI=1S/C21H18N4O3/c1-26-17-5-3-2-4-15(17)16-12-23-25-9-8-20(24-21(16)25)22-11-14-6-7-18-19(10-14)28-13-27-18/h2-10,12H,11,13H2,1H3,(H,22,24). The van der Waals surface area contributed by atoms with Gasteiger partial charge >= 0.3 is 0 Å². The normalized spacial score (nSPS) is 12.3. The fourth-order valence-electron chi connectivity index (χ4n) is 3.27. The van der Waals surface area contributed by atoms with Crippen LogP contribution in [0.2, 0.25) is 0 Å². The first-order valence-electron chi connectivity index (χ1n) is 8.92. The van der Waals surface area contributed by atoms with Gasteiger partial charge in [-0.25, -0.2) is 9.50 Å². The maximum atomic E-state index is 5.49. The third-order valence-corrected chi connectivity index (χ3v) is 4.68. The van der Waals surface area contributed by atoms with Crippen molar-refractivity contribution in [2.24, 2.45) is 0 Å². The maximum Gasteiger partial charge on any atom is 0.231 e. The van der Waals surface area contributed by atoms with Crippen molar-refractivity contribution in [3.05, 3.63) is 66.5 Å². The predicted octanol–water partition coefficient (Wildman–Crippen LogP) is 3.75. The van der Waals surface area contributed by atoms with E-state index in [1.54, 1.807) is 11.6 Å². The molecule has 4 aromatic rings. The van der Waals surface area contributed by atoms with Crippen LogP contribution >= 0.6 is 0 Å². The Morgan fingerprint density at radius 2 is 1.96 bits per heavy atom. The third kappa shape index (κ3) is 2.87. The first-order chi connectivity index (χ1) is 13.8. The number of ether oxygens (including phenoxy) is 3. The number of methoxy groups -OCH3 is 1. The highest BCUT2D eigenvalue weighted by Crippen LogP contribution is 2.33. The van der Waals surface area contributed by atoms with Crippen LogP contribution in [0.5, 0.6) is 17.2 Å². The first kappa shape index (κ1) is 16.4. The predicted molar refractivity (Wildman–Crippen MR) is 105 cm³/mol. The van der Waals surface area contributed by atoms with Crippen LogP contribution in [0, 0.1) is 0 Å². The van der Waals surface area contributed by atoms with Crippen molar-refractivity contribution < 1.29 is 14.2 Å². The van der Waals surface area contributed by atoms with Gasteiger partial charge in [0.05, 0.1) is 18.9 Å². The average molecular weight is 374 g/mol. The largest absolute Gasteiger partial charge is 0.496 e. The van der Waals surface area contributed by atoms with Crippen molar-refractivity contribution >= 4 is 11.5 Å². The van der Waals surface area contributed by atoms with Gasteiger partial charge in [0.15, 0.2) is 17.1 Å². The number of hydrogen-bond acceptors (Lipinski definition) is 6. The van der Waals surface area contributed by atoms with Crippen LogP contribution in [0.25, 0.3) is 16.8 Å². The molecule has 0 amide bonds. The quantitative estimate of drug-likeness (QED) is 0.574. The van der Waals surface area contributed by atoms with E-state index in [-0.39, 0.29) is 6.79 Å². The zero-order valence-corrected chi connectivity index (χ0v) is 15.3. The van der Waals surface area contributed by atoms with E-state index in [9.17, 15) is 0 Å². The number of aromatic nitrogens is 3. The number of benzene rings is 2. The molecule has 0 bridgehead atoms. The molecule has 0 radical (unpaired) electrons. The van der Waals surface area contributed by atoms with E-state index in [2.05, 4.69) is 10.4 Å². The molecule has 0 saturated heterocycles. The third-order valence-electron chi connectivity index (χ3n) is 4.68. The van der Waals surface area contributed by atoms with Gasteiger partial charge in [0.25, 0.3) is 0 Å². The van der Waals surface area contributed by atoms with Crippen LogP contribution in [-0.4, -0.2) is 28.5 Å². The number of anilines is 1. The molecule has 0 spiro atoms. The Kier molecular flexibility index (Phi) is 3.97.